The van der Waals surface area contributed by atoms with E-state index in [0.717, 1.165) is 56.5 Å². The van der Waals surface area contributed by atoms with Gasteiger partial charge >= 0.3 is 0 Å². The van der Waals surface area contributed by atoms with Crippen LogP contribution < -0.4 is 5.32 Å². The van der Waals surface area contributed by atoms with E-state index in [1.807, 2.05) is 17.0 Å². The predicted octanol–water partition coefficient (Wildman–Crippen LogP) is 2.98. The van der Waals surface area contributed by atoms with Crippen molar-refractivity contribution < 1.29 is 21.4 Å². The first kappa shape index (κ1) is 26.0. The standard InChI is InChI=1S/C27H33N3O5S2/c31-36(32,20-22-11-15-29(16-12-22)14-5-8-21-6-2-1-3-7-21)17-13-23-18-24-19-28-26-10-4-9-25(30(24)26)27(23)37(33,34)35/h1-4,6-7,9-10,13,17-18,22,24,28H,5,8,11-12,14-16,19-20H2,(H,33,34,35). The van der Waals surface area contributed by atoms with Gasteiger partial charge in [0.1, 0.15) is 10.7 Å². The molecule has 4 aliphatic rings. The van der Waals surface area contributed by atoms with Crippen molar-refractivity contribution >= 4 is 20.0 Å². The van der Waals surface area contributed by atoms with Gasteiger partial charge in [-0.05, 0) is 80.6 Å². The number of hydrogen-bond acceptors (Lipinski definition) is 7. The summed E-state index contributed by atoms with van der Waals surface area (Å²) in [7, 11) is -8.14. The Labute approximate surface area is 219 Å². The molecule has 0 spiro atoms. The van der Waals surface area contributed by atoms with E-state index in [1.165, 1.54) is 11.6 Å². The minimum atomic E-state index is -4.58. The largest absolute Gasteiger partial charge is 0.369 e. The molecule has 4 heterocycles. The molecule has 198 valence electrons. The number of piperidine rings is 1. The molecular weight excluding hydrogens is 510 g/mol. The van der Waals surface area contributed by atoms with Gasteiger partial charge in [-0.1, -0.05) is 42.5 Å². The molecule has 4 aliphatic heterocycles. The number of aryl methyl sites for hydroxylation is 1. The maximum Gasteiger partial charge on any atom is 0.297 e. The van der Waals surface area contributed by atoms with Crippen LogP contribution in [-0.2, 0) is 26.4 Å². The van der Waals surface area contributed by atoms with Crippen molar-refractivity contribution in [2.45, 2.75) is 31.7 Å². The highest BCUT2D eigenvalue weighted by Gasteiger charge is 2.38. The molecule has 0 bridgehead atoms. The van der Waals surface area contributed by atoms with Gasteiger partial charge in [0.25, 0.3) is 10.1 Å². The van der Waals surface area contributed by atoms with Crippen molar-refractivity contribution in [3.63, 3.8) is 0 Å². The van der Waals surface area contributed by atoms with Gasteiger partial charge in [-0.3, -0.25) is 4.55 Å². The molecule has 5 rings (SSSR count). The maximum absolute atomic E-state index is 12.9. The van der Waals surface area contributed by atoms with Gasteiger partial charge in [-0.25, -0.2) is 8.42 Å². The first-order valence-electron chi connectivity index (χ1n) is 12.7. The molecule has 37 heavy (non-hydrogen) atoms. The van der Waals surface area contributed by atoms with E-state index in [4.69, 9.17) is 0 Å². The van der Waals surface area contributed by atoms with Gasteiger partial charge in [0, 0.05) is 12.0 Å². The van der Waals surface area contributed by atoms with Gasteiger partial charge in [-0.2, -0.15) is 8.42 Å². The first-order valence-corrected chi connectivity index (χ1v) is 15.9. The Kier molecular flexibility index (Phi) is 7.44. The van der Waals surface area contributed by atoms with E-state index in [2.05, 4.69) is 34.5 Å². The second kappa shape index (κ2) is 10.6. The third-order valence-electron chi connectivity index (χ3n) is 7.39. The number of nitrogens with one attached hydrogen (secondary N) is 1. The van der Waals surface area contributed by atoms with Crippen LogP contribution in [0.3, 0.4) is 0 Å². The molecule has 0 aliphatic carbocycles. The molecule has 0 aromatic heterocycles. The zero-order chi connectivity index (χ0) is 26.0. The van der Waals surface area contributed by atoms with Crippen LogP contribution in [0.1, 0.15) is 24.8 Å². The fourth-order valence-electron chi connectivity index (χ4n) is 5.57. The van der Waals surface area contributed by atoms with E-state index in [0.29, 0.717) is 12.2 Å². The van der Waals surface area contributed by atoms with Gasteiger partial charge in [0.05, 0.1) is 17.5 Å². The lowest BCUT2D eigenvalue weighted by molar-refractivity contribution is 0.192. The Morgan fingerprint density at radius 1 is 1.08 bits per heavy atom. The molecule has 0 radical (unpaired) electrons. The SMILES string of the molecule is O=S(=O)(C=CC1=CC2CNC3=CC=CC(=C1S(=O)(=O)O)N32)CC1CCN(CCCc2ccccc2)CC1. The second-order valence-electron chi connectivity index (χ2n) is 10.0. The van der Waals surface area contributed by atoms with Crippen molar-refractivity contribution in [1.82, 2.24) is 15.1 Å². The molecule has 2 fully saturated rings. The summed E-state index contributed by atoms with van der Waals surface area (Å²) in [6.07, 6.45) is 11.9. The molecule has 0 amide bonds. The number of nitrogens with zero attached hydrogens (tertiary/aromatic N) is 2. The summed E-state index contributed by atoms with van der Waals surface area (Å²) in [5.74, 6) is 0.862. The van der Waals surface area contributed by atoms with Crippen LogP contribution in [0.15, 0.2) is 88.1 Å². The second-order valence-corrected chi connectivity index (χ2v) is 13.3. The summed E-state index contributed by atoms with van der Waals surface area (Å²) in [5.41, 5.74) is 1.88. The van der Waals surface area contributed by atoms with Crippen LogP contribution in [0.25, 0.3) is 0 Å². The molecule has 8 nitrogen and oxygen atoms in total. The molecule has 10 heteroatoms. The number of hydrogen-bond donors (Lipinski definition) is 2. The van der Waals surface area contributed by atoms with E-state index < -0.39 is 20.0 Å². The van der Waals surface area contributed by atoms with Crippen LogP contribution >= 0.6 is 0 Å². The summed E-state index contributed by atoms with van der Waals surface area (Å²) >= 11 is 0. The van der Waals surface area contributed by atoms with Gasteiger partial charge in [0.15, 0.2) is 9.84 Å². The third kappa shape index (κ3) is 6.09. The van der Waals surface area contributed by atoms with E-state index >= 15 is 0 Å². The summed E-state index contributed by atoms with van der Waals surface area (Å²) in [4.78, 5) is 3.94. The lowest BCUT2D eigenvalue weighted by Crippen LogP contribution is -2.36. The maximum atomic E-state index is 12.9. The van der Waals surface area contributed by atoms with Crippen LogP contribution in [0.5, 0.6) is 0 Å². The Bertz CT molecular complexity index is 1380. The zero-order valence-corrected chi connectivity index (χ0v) is 22.3. The normalized spacial score (nSPS) is 22.7. The van der Waals surface area contributed by atoms with Crippen molar-refractivity contribution in [3.05, 3.63) is 93.7 Å². The van der Waals surface area contributed by atoms with Crippen molar-refractivity contribution in [2.24, 2.45) is 5.92 Å². The highest BCUT2D eigenvalue weighted by Crippen LogP contribution is 2.38. The monoisotopic (exact) mass is 543 g/mol. The number of rotatable bonds is 9. The average Bonchev–Trinajstić information content (AvgIpc) is 3.28. The molecule has 2 N–H and O–H groups in total. The third-order valence-corrected chi connectivity index (χ3v) is 9.84. The quantitative estimate of drug-likeness (QED) is 0.458. The van der Waals surface area contributed by atoms with Crippen molar-refractivity contribution in [3.8, 4) is 0 Å². The fourth-order valence-corrected chi connectivity index (χ4v) is 7.89. The predicted molar refractivity (Wildman–Crippen MR) is 144 cm³/mol. The molecule has 1 aromatic rings. The molecule has 1 atom stereocenters. The Balaban J connectivity index is 1.19. The highest BCUT2D eigenvalue weighted by atomic mass is 32.2. The minimum Gasteiger partial charge on any atom is -0.369 e. The van der Waals surface area contributed by atoms with Gasteiger partial charge < -0.3 is 15.1 Å². The summed E-state index contributed by atoms with van der Waals surface area (Å²) in [5, 5.41) is 4.32. The van der Waals surface area contributed by atoms with E-state index in [9.17, 15) is 21.4 Å². The number of allylic oxidation sites excluding steroid dienone is 5. The Morgan fingerprint density at radius 2 is 1.84 bits per heavy atom. The topological polar surface area (TPSA) is 107 Å². The zero-order valence-electron chi connectivity index (χ0n) is 20.7. The smallest absolute Gasteiger partial charge is 0.297 e. The van der Waals surface area contributed by atoms with Gasteiger partial charge in [-0.15, -0.1) is 0 Å². The van der Waals surface area contributed by atoms with E-state index in [1.54, 1.807) is 18.2 Å². The Hall–Kier alpha value is -2.66. The molecule has 1 unspecified atom stereocenters. The summed E-state index contributed by atoms with van der Waals surface area (Å²) in [6, 6.07) is 10.3. The molecule has 2 saturated heterocycles. The summed E-state index contributed by atoms with van der Waals surface area (Å²) in [6.45, 7) is 3.34. The molecule has 0 saturated carbocycles. The lowest BCUT2D eigenvalue weighted by atomic mass is 9.98. The molecule has 1 aromatic carbocycles. The molecular formula is C27H33N3O5S2. The van der Waals surface area contributed by atoms with Crippen LogP contribution in [-0.4, -0.2) is 69.2 Å². The number of likely N-dealkylation sites (tertiary alicyclic amines) is 1. The Morgan fingerprint density at radius 3 is 2.57 bits per heavy atom. The van der Waals surface area contributed by atoms with Crippen molar-refractivity contribution in [2.75, 3.05) is 31.9 Å². The van der Waals surface area contributed by atoms with Gasteiger partial charge in [0.2, 0.25) is 0 Å². The number of sulfone groups is 1. The highest BCUT2D eigenvalue weighted by molar-refractivity contribution is 7.94. The fraction of sp³-hybridized carbons (Fsp3) is 0.407. The van der Waals surface area contributed by atoms with Crippen LogP contribution in [0.4, 0.5) is 0 Å². The summed E-state index contributed by atoms with van der Waals surface area (Å²) < 4.78 is 60.4. The van der Waals surface area contributed by atoms with E-state index in [-0.39, 0.29) is 28.2 Å². The number of benzene rings is 1. The first-order chi connectivity index (χ1) is 17.7. The van der Waals surface area contributed by atoms with Crippen LogP contribution in [0, 0.1) is 5.92 Å². The van der Waals surface area contributed by atoms with Crippen molar-refractivity contribution in [1.29, 1.82) is 0 Å². The lowest BCUT2D eigenvalue weighted by Gasteiger charge is -2.33. The average molecular weight is 544 g/mol. The minimum absolute atomic E-state index is 0.0380. The van der Waals surface area contributed by atoms with Crippen LogP contribution in [0.2, 0.25) is 0 Å².